The van der Waals surface area contributed by atoms with E-state index in [1.807, 2.05) is 0 Å². The van der Waals surface area contributed by atoms with Gasteiger partial charge in [0.05, 0.1) is 6.61 Å². The molecule has 2 heterocycles. The first kappa shape index (κ1) is 12.5. The summed E-state index contributed by atoms with van der Waals surface area (Å²) in [6, 6.07) is 3.50. The molecule has 6 heteroatoms. The van der Waals surface area contributed by atoms with Crippen molar-refractivity contribution in [3.8, 4) is 0 Å². The molecule has 0 saturated carbocycles. The number of aromatic nitrogens is 1. The van der Waals surface area contributed by atoms with Crippen LogP contribution in [-0.4, -0.2) is 29.5 Å². The Hall–Kier alpha value is -1.95. The maximum absolute atomic E-state index is 11.5. The van der Waals surface area contributed by atoms with Gasteiger partial charge in [0.25, 0.3) is 0 Å². The highest BCUT2D eigenvalue weighted by atomic mass is 16.5. The summed E-state index contributed by atoms with van der Waals surface area (Å²) < 4.78 is 5.07. The summed E-state index contributed by atoms with van der Waals surface area (Å²) in [5, 5.41) is 5.35. The molecule has 0 spiro atoms. The number of hydrogen-bond donors (Lipinski definition) is 2. The third kappa shape index (κ3) is 3.27. The Balaban J connectivity index is 1.82. The van der Waals surface area contributed by atoms with E-state index in [-0.39, 0.29) is 17.9 Å². The Kier molecular flexibility index (Phi) is 3.88. The summed E-state index contributed by atoms with van der Waals surface area (Å²) in [4.78, 5) is 26.4. The van der Waals surface area contributed by atoms with Crippen LogP contribution in [0.5, 0.6) is 0 Å². The van der Waals surface area contributed by atoms with Gasteiger partial charge in [-0.3, -0.25) is 9.59 Å². The number of amides is 2. The van der Waals surface area contributed by atoms with E-state index in [0.29, 0.717) is 19.0 Å². The fourth-order valence-electron chi connectivity index (χ4n) is 1.53. The average Bonchev–Trinajstić information content (AvgIpc) is 2.25. The van der Waals surface area contributed by atoms with Crippen LogP contribution >= 0.6 is 0 Å². The lowest BCUT2D eigenvalue weighted by Gasteiger charge is -2.25. The van der Waals surface area contributed by atoms with Gasteiger partial charge in [0.1, 0.15) is 11.9 Å². The predicted octanol–water partition coefficient (Wildman–Crippen LogP) is 0.445. The lowest BCUT2D eigenvalue weighted by Crippen LogP contribution is -2.42. The maximum atomic E-state index is 11.5. The Morgan fingerprint density at radius 2 is 2.28 bits per heavy atom. The Labute approximate surface area is 105 Å². The lowest BCUT2D eigenvalue weighted by atomic mass is 10.2. The van der Waals surface area contributed by atoms with Crippen LogP contribution in [0.3, 0.4) is 0 Å². The summed E-state index contributed by atoms with van der Waals surface area (Å²) in [5.74, 6) is 0.248. The minimum Gasteiger partial charge on any atom is -0.368 e. The highest BCUT2D eigenvalue weighted by Crippen LogP contribution is 2.11. The lowest BCUT2D eigenvalue weighted by molar-refractivity contribution is -0.145. The minimum atomic E-state index is -0.295. The number of carbonyl (C=O) groups excluding carboxylic acids is 2. The zero-order valence-corrected chi connectivity index (χ0v) is 10.1. The number of nitrogens with zero attached hydrogens (tertiary/aromatic N) is 1. The minimum absolute atomic E-state index is 0.0906. The molecule has 1 aromatic heterocycles. The molecule has 1 aliphatic heterocycles. The van der Waals surface area contributed by atoms with Gasteiger partial charge < -0.3 is 15.4 Å². The average molecular weight is 249 g/mol. The molecule has 0 aliphatic carbocycles. The Bertz CT molecular complexity index is 440. The third-order valence-electron chi connectivity index (χ3n) is 2.59. The van der Waals surface area contributed by atoms with Crippen molar-refractivity contribution in [1.29, 1.82) is 0 Å². The van der Waals surface area contributed by atoms with E-state index >= 15 is 0 Å². The molecule has 96 valence electrons. The fraction of sp³-hybridized carbons (Fsp3) is 0.417. The number of pyridine rings is 1. The maximum Gasteiger partial charge on any atom is 0.249 e. The Morgan fingerprint density at radius 3 is 2.78 bits per heavy atom. The van der Waals surface area contributed by atoms with E-state index in [0.717, 1.165) is 12.0 Å². The van der Waals surface area contributed by atoms with Crippen LogP contribution in [0.25, 0.3) is 0 Å². The molecule has 2 N–H and O–H groups in total. The van der Waals surface area contributed by atoms with E-state index in [9.17, 15) is 9.59 Å². The van der Waals surface area contributed by atoms with E-state index in [4.69, 9.17) is 4.74 Å². The largest absolute Gasteiger partial charge is 0.368 e. The van der Waals surface area contributed by atoms with Crippen LogP contribution in [0.2, 0.25) is 0 Å². The monoisotopic (exact) mass is 249 g/mol. The number of rotatable bonds is 4. The van der Waals surface area contributed by atoms with Crippen LogP contribution in [0.4, 0.5) is 5.82 Å². The van der Waals surface area contributed by atoms with Crippen molar-refractivity contribution >= 4 is 17.6 Å². The molecule has 0 aromatic carbocycles. The molecule has 1 aliphatic rings. The number of nitrogens with one attached hydrogen (secondary N) is 2. The van der Waals surface area contributed by atoms with Crippen molar-refractivity contribution < 1.29 is 14.3 Å². The molecule has 6 nitrogen and oxygen atoms in total. The van der Waals surface area contributed by atoms with E-state index in [1.165, 1.54) is 6.92 Å². The van der Waals surface area contributed by atoms with E-state index < -0.39 is 0 Å². The molecule has 1 fully saturated rings. The normalized spacial score (nSPS) is 17.7. The number of carbonyl (C=O) groups is 2. The van der Waals surface area contributed by atoms with Crippen LogP contribution < -0.4 is 10.6 Å². The second-order valence-electron chi connectivity index (χ2n) is 4.10. The van der Waals surface area contributed by atoms with E-state index in [1.54, 1.807) is 18.3 Å². The van der Waals surface area contributed by atoms with Crippen molar-refractivity contribution in [3.05, 3.63) is 23.9 Å². The second kappa shape index (κ2) is 5.59. The fourth-order valence-corrected chi connectivity index (χ4v) is 1.53. The van der Waals surface area contributed by atoms with Gasteiger partial charge in [-0.15, -0.1) is 0 Å². The molecule has 1 saturated heterocycles. The second-order valence-corrected chi connectivity index (χ2v) is 4.10. The molecular formula is C12H15N3O3. The van der Waals surface area contributed by atoms with Gasteiger partial charge in [-0.1, -0.05) is 6.07 Å². The van der Waals surface area contributed by atoms with Gasteiger partial charge in [-0.2, -0.15) is 0 Å². The molecule has 0 radical (unpaired) electrons. The van der Waals surface area contributed by atoms with Gasteiger partial charge in [-0.25, -0.2) is 4.98 Å². The highest BCUT2D eigenvalue weighted by Gasteiger charge is 2.25. The summed E-state index contributed by atoms with van der Waals surface area (Å²) in [5.41, 5.74) is 0.872. The third-order valence-corrected chi connectivity index (χ3v) is 2.59. The quantitative estimate of drug-likeness (QED) is 0.811. The summed E-state index contributed by atoms with van der Waals surface area (Å²) in [6.07, 6.45) is 2.11. The molecular weight excluding hydrogens is 234 g/mol. The summed E-state index contributed by atoms with van der Waals surface area (Å²) in [6.45, 7) is 2.49. The van der Waals surface area contributed by atoms with Crippen LogP contribution in [-0.2, 0) is 20.9 Å². The first-order chi connectivity index (χ1) is 8.65. The van der Waals surface area contributed by atoms with Crippen molar-refractivity contribution in [2.45, 2.75) is 26.0 Å². The van der Waals surface area contributed by atoms with Crippen LogP contribution in [0.15, 0.2) is 18.3 Å². The molecule has 2 rings (SSSR count). The first-order valence-electron chi connectivity index (χ1n) is 5.77. The molecule has 1 unspecified atom stereocenters. The first-order valence-corrected chi connectivity index (χ1v) is 5.77. The number of hydrogen-bond acceptors (Lipinski definition) is 4. The molecule has 18 heavy (non-hydrogen) atoms. The van der Waals surface area contributed by atoms with E-state index in [2.05, 4.69) is 15.6 Å². The molecule has 0 bridgehead atoms. The molecule has 1 atom stereocenters. The Morgan fingerprint density at radius 1 is 1.50 bits per heavy atom. The number of anilines is 1. The van der Waals surface area contributed by atoms with Crippen molar-refractivity contribution in [2.75, 3.05) is 11.9 Å². The van der Waals surface area contributed by atoms with Crippen molar-refractivity contribution in [3.63, 3.8) is 0 Å². The predicted molar refractivity (Wildman–Crippen MR) is 64.7 cm³/mol. The molecule has 2 amide bonds. The van der Waals surface area contributed by atoms with Gasteiger partial charge in [0.15, 0.2) is 0 Å². The smallest absolute Gasteiger partial charge is 0.249 e. The van der Waals surface area contributed by atoms with Gasteiger partial charge in [0.2, 0.25) is 11.8 Å². The number of ether oxygens (including phenoxy) is 1. The van der Waals surface area contributed by atoms with Gasteiger partial charge in [0, 0.05) is 26.1 Å². The van der Waals surface area contributed by atoms with Gasteiger partial charge in [-0.05, 0) is 11.6 Å². The molecule has 1 aromatic rings. The van der Waals surface area contributed by atoms with Crippen molar-refractivity contribution in [2.24, 2.45) is 0 Å². The highest BCUT2D eigenvalue weighted by molar-refractivity contribution is 5.87. The van der Waals surface area contributed by atoms with Crippen LogP contribution in [0.1, 0.15) is 18.9 Å². The van der Waals surface area contributed by atoms with Gasteiger partial charge >= 0.3 is 0 Å². The van der Waals surface area contributed by atoms with Crippen molar-refractivity contribution in [1.82, 2.24) is 10.3 Å². The summed E-state index contributed by atoms with van der Waals surface area (Å²) >= 11 is 0. The standard InChI is InChI=1S/C12H15N3O3/c1-8(16)15-11-3-2-9(6-13-11)7-14-12(17)10-4-5-18-10/h2-3,6,10H,4-5,7H2,1H3,(H,14,17)(H,13,15,16). The zero-order chi connectivity index (χ0) is 13.0. The summed E-state index contributed by atoms with van der Waals surface area (Å²) in [7, 11) is 0. The van der Waals surface area contributed by atoms with Crippen LogP contribution in [0, 0.1) is 0 Å². The zero-order valence-electron chi connectivity index (χ0n) is 10.1. The SMILES string of the molecule is CC(=O)Nc1ccc(CNC(=O)C2CCO2)cn1. The topological polar surface area (TPSA) is 80.3 Å².